The first kappa shape index (κ1) is 16.0. The highest BCUT2D eigenvalue weighted by Crippen LogP contribution is 2.27. The quantitative estimate of drug-likeness (QED) is 0.753. The molecule has 0 bridgehead atoms. The molecule has 2 amide bonds. The fourth-order valence-corrected chi connectivity index (χ4v) is 2.84. The van der Waals surface area contributed by atoms with Crippen LogP contribution in [0.2, 0.25) is 0 Å². The van der Waals surface area contributed by atoms with E-state index < -0.39 is 5.97 Å². The fraction of sp³-hybridized carbons (Fsp3) is 0.353. The first-order chi connectivity index (χ1) is 11.6. The summed E-state index contributed by atoms with van der Waals surface area (Å²) < 4.78 is 1.77. The molecule has 3 rings (SSSR count). The summed E-state index contributed by atoms with van der Waals surface area (Å²) in [6, 6.07) is 10.9. The number of carboxylic acid groups (broad SMARTS) is 1. The van der Waals surface area contributed by atoms with Crippen molar-refractivity contribution < 1.29 is 14.7 Å². The number of aromatic nitrogens is 2. The molecule has 1 aromatic carbocycles. The molecule has 1 heterocycles. The van der Waals surface area contributed by atoms with Gasteiger partial charge in [0.2, 0.25) is 0 Å². The standard InChI is InChI=1S/C17H20N4O3/c22-16(23)13-9-14(10-13)19-17(24)20-15(11-21-8-4-7-18-21)12-5-2-1-3-6-12/h1-8,13-15H,9-11H2,(H,22,23)(H2,19,20,24). The van der Waals surface area contributed by atoms with Gasteiger partial charge in [-0.05, 0) is 24.5 Å². The Labute approximate surface area is 139 Å². The Kier molecular flexibility index (Phi) is 4.79. The summed E-state index contributed by atoms with van der Waals surface area (Å²) in [5.41, 5.74) is 0.986. The van der Waals surface area contributed by atoms with E-state index in [9.17, 15) is 9.59 Å². The van der Waals surface area contributed by atoms with Crippen LogP contribution in [-0.2, 0) is 11.3 Å². The normalized spacial score (nSPS) is 20.7. The molecule has 7 nitrogen and oxygen atoms in total. The molecular weight excluding hydrogens is 308 g/mol. The summed E-state index contributed by atoms with van der Waals surface area (Å²) in [6.45, 7) is 0.521. The molecule has 1 atom stereocenters. The maximum atomic E-state index is 12.2. The van der Waals surface area contributed by atoms with Crippen LogP contribution in [0.15, 0.2) is 48.8 Å². The molecule has 2 aromatic rings. The van der Waals surface area contributed by atoms with Gasteiger partial charge in [-0.25, -0.2) is 4.79 Å². The number of carbonyl (C=O) groups excluding carboxylic acids is 1. The predicted octanol–water partition coefficient (Wildman–Crippen LogP) is 1.79. The minimum absolute atomic E-state index is 0.0766. The van der Waals surface area contributed by atoms with E-state index >= 15 is 0 Å². The summed E-state index contributed by atoms with van der Waals surface area (Å²) in [7, 11) is 0. The number of rotatable bonds is 6. The van der Waals surface area contributed by atoms with Crippen molar-refractivity contribution in [1.29, 1.82) is 0 Å². The van der Waals surface area contributed by atoms with Gasteiger partial charge >= 0.3 is 12.0 Å². The summed E-state index contributed by atoms with van der Waals surface area (Å²) >= 11 is 0. The number of aliphatic carboxylic acids is 1. The maximum Gasteiger partial charge on any atom is 0.315 e. The lowest BCUT2D eigenvalue weighted by Crippen LogP contribution is -2.50. The Bertz CT molecular complexity index is 681. The third-order valence-corrected chi connectivity index (χ3v) is 4.26. The molecule has 126 valence electrons. The van der Waals surface area contributed by atoms with Crippen LogP contribution in [0.25, 0.3) is 0 Å². The number of amides is 2. The average Bonchev–Trinajstić information content (AvgIpc) is 3.03. The molecule has 1 aliphatic rings. The van der Waals surface area contributed by atoms with E-state index in [1.54, 1.807) is 10.9 Å². The summed E-state index contributed by atoms with van der Waals surface area (Å²) in [5, 5.41) is 18.9. The van der Waals surface area contributed by atoms with E-state index in [0.29, 0.717) is 19.4 Å². The zero-order chi connectivity index (χ0) is 16.9. The van der Waals surface area contributed by atoms with Crippen molar-refractivity contribution >= 4 is 12.0 Å². The SMILES string of the molecule is O=C(NC1CC(C(=O)O)C1)NC(Cn1cccn1)c1ccccc1. The van der Waals surface area contributed by atoms with Crippen molar-refractivity contribution in [3.63, 3.8) is 0 Å². The van der Waals surface area contributed by atoms with E-state index in [2.05, 4.69) is 15.7 Å². The van der Waals surface area contributed by atoms with Gasteiger partial charge in [-0.2, -0.15) is 5.10 Å². The predicted molar refractivity (Wildman–Crippen MR) is 87.2 cm³/mol. The highest BCUT2D eigenvalue weighted by Gasteiger charge is 2.35. The molecule has 0 saturated heterocycles. The fourth-order valence-electron chi connectivity index (χ4n) is 2.84. The lowest BCUT2D eigenvalue weighted by molar-refractivity contribution is -0.145. The van der Waals surface area contributed by atoms with Gasteiger partial charge in [0.05, 0.1) is 18.5 Å². The summed E-state index contributed by atoms with van der Waals surface area (Å²) in [4.78, 5) is 23.1. The maximum absolute atomic E-state index is 12.2. The Morgan fingerprint density at radius 3 is 2.62 bits per heavy atom. The van der Waals surface area contributed by atoms with Crippen molar-refractivity contribution in [3.05, 3.63) is 54.4 Å². The summed E-state index contributed by atoms with van der Waals surface area (Å²) in [5.74, 6) is -1.14. The van der Waals surface area contributed by atoms with E-state index in [-0.39, 0.29) is 24.0 Å². The minimum Gasteiger partial charge on any atom is -0.481 e. The molecule has 0 spiro atoms. The number of nitrogens with one attached hydrogen (secondary N) is 2. The number of nitrogens with zero attached hydrogens (tertiary/aromatic N) is 2. The number of hydrogen-bond acceptors (Lipinski definition) is 3. The van der Waals surface area contributed by atoms with Crippen LogP contribution in [0.5, 0.6) is 0 Å². The summed E-state index contributed by atoms with van der Waals surface area (Å²) in [6.07, 6.45) is 4.51. The molecule has 1 unspecified atom stereocenters. The van der Waals surface area contributed by atoms with E-state index in [1.165, 1.54) is 0 Å². The third kappa shape index (κ3) is 3.92. The zero-order valence-electron chi connectivity index (χ0n) is 13.1. The molecule has 1 aromatic heterocycles. The molecule has 7 heteroatoms. The van der Waals surface area contributed by atoms with Crippen LogP contribution >= 0.6 is 0 Å². The van der Waals surface area contributed by atoms with Gasteiger partial charge in [-0.1, -0.05) is 30.3 Å². The lowest BCUT2D eigenvalue weighted by atomic mass is 9.80. The monoisotopic (exact) mass is 328 g/mol. The number of benzene rings is 1. The van der Waals surface area contributed by atoms with Crippen molar-refractivity contribution in [2.45, 2.75) is 31.5 Å². The van der Waals surface area contributed by atoms with Crippen molar-refractivity contribution in [3.8, 4) is 0 Å². The van der Waals surface area contributed by atoms with Gasteiger partial charge in [0.25, 0.3) is 0 Å². The van der Waals surface area contributed by atoms with Crippen LogP contribution < -0.4 is 10.6 Å². The van der Waals surface area contributed by atoms with Crippen LogP contribution in [0, 0.1) is 5.92 Å². The van der Waals surface area contributed by atoms with Crippen LogP contribution in [-0.4, -0.2) is 32.9 Å². The molecule has 1 aliphatic carbocycles. The van der Waals surface area contributed by atoms with Gasteiger partial charge < -0.3 is 15.7 Å². The third-order valence-electron chi connectivity index (χ3n) is 4.26. The van der Waals surface area contributed by atoms with Crippen molar-refractivity contribution in [2.24, 2.45) is 5.92 Å². The van der Waals surface area contributed by atoms with Gasteiger partial charge in [-0.3, -0.25) is 9.48 Å². The first-order valence-corrected chi connectivity index (χ1v) is 7.94. The van der Waals surface area contributed by atoms with Gasteiger partial charge in [0, 0.05) is 18.4 Å². The zero-order valence-corrected chi connectivity index (χ0v) is 13.1. The number of urea groups is 1. The van der Waals surface area contributed by atoms with Crippen molar-refractivity contribution in [1.82, 2.24) is 20.4 Å². The molecular formula is C17H20N4O3. The molecule has 3 N–H and O–H groups in total. The average molecular weight is 328 g/mol. The Balaban J connectivity index is 1.59. The second-order valence-electron chi connectivity index (χ2n) is 6.01. The molecule has 1 saturated carbocycles. The van der Waals surface area contributed by atoms with Gasteiger partial charge in [0.1, 0.15) is 0 Å². The van der Waals surface area contributed by atoms with Gasteiger partial charge in [0.15, 0.2) is 0 Å². The smallest absolute Gasteiger partial charge is 0.315 e. The molecule has 0 aliphatic heterocycles. The minimum atomic E-state index is -0.797. The van der Waals surface area contributed by atoms with E-state index in [4.69, 9.17) is 5.11 Å². The Morgan fingerprint density at radius 1 is 1.25 bits per heavy atom. The lowest BCUT2D eigenvalue weighted by Gasteiger charge is -2.33. The topological polar surface area (TPSA) is 96.3 Å². The largest absolute Gasteiger partial charge is 0.481 e. The number of carbonyl (C=O) groups is 2. The van der Waals surface area contributed by atoms with Gasteiger partial charge in [-0.15, -0.1) is 0 Å². The molecule has 24 heavy (non-hydrogen) atoms. The van der Waals surface area contributed by atoms with Crippen LogP contribution in [0.3, 0.4) is 0 Å². The number of hydrogen-bond donors (Lipinski definition) is 3. The second kappa shape index (κ2) is 7.16. The highest BCUT2D eigenvalue weighted by atomic mass is 16.4. The van der Waals surface area contributed by atoms with Crippen molar-refractivity contribution in [2.75, 3.05) is 0 Å². The van der Waals surface area contributed by atoms with Crippen LogP contribution in [0.4, 0.5) is 4.79 Å². The van der Waals surface area contributed by atoms with E-state index in [0.717, 1.165) is 5.56 Å². The van der Waals surface area contributed by atoms with E-state index in [1.807, 2.05) is 42.6 Å². The molecule has 1 fully saturated rings. The molecule has 0 radical (unpaired) electrons. The second-order valence-corrected chi connectivity index (χ2v) is 6.01. The first-order valence-electron chi connectivity index (χ1n) is 7.94. The Hall–Kier alpha value is -2.83. The van der Waals surface area contributed by atoms with Crippen LogP contribution in [0.1, 0.15) is 24.4 Å². The highest BCUT2D eigenvalue weighted by molar-refractivity contribution is 5.76. The Morgan fingerprint density at radius 2 is 2.00 bits per heavy atom. The number of carboxylic acids is 1.